The number of rotatable bonds is 17. The Labute approximate surface area is 255 Å². The molecule has 3 aromatic carbocycles. The Morgan fingerprint density at radius 2 is 1.55 bits per heavy atom. The molecule has 1 aliphatic heterocycles. The number of amides is 1. The molecule has 1 aromatic heterocycles. The maximum atomic E-state index is 12.0. The minimum atomic E-state index is -0.123. The van der Waals surface area contributed by atoms with Gasteiger partial charge in [-0.3, -0.25) is 4.79 Å². The molecule has 0 fully saturated rings. The molecule has 13 nitrogen and oxygen atoms in total. The Balaban J connectivity index is 1.08. The summed E-state index contributed by atoms with van der Waals surface area (Å²) in [6.45, 7) is 3.14. The number of methoxy groups -OCH3 is 1. The first-order chi connectivity index (χ1) is 21.7. The Morgan fingerprint density at radius 1 is 0.795 bits per heavy atom. The molecular weight excluding hydrogens is 566 g/mol. The van der Waals surface area contributed by atoms with Crippen LogP contribution >= 0.6 is 0 Å². The summed E-state index contributed by atoms with van der Waals surface area (Å²) in [6, 6.07) is 22.3. The first kappa shape index (κ1) is 30.3. The normalized spacial score (nSPS) is 11.6. The fraction of sp³-hybridized carbons (Fsp3) is 0.290. The van der Waals surface area contributed by atoms with E-state index in [1.807, 2.05) is 60.7 Å². The number of aromatic nitrogens is 3. The van der Waals surface area contributed by atoms with Crippen molar-refractivity contribution < 1.29 is 28.5 Å². The molecule has 4 N–H and O–H groups in total. The van der Waals surface area contributed by atoms with E-state index in [1.165, 1.54) is 0 Å². The van der Waals surface area contributed by atoms with Crippen LogP contribution in [0.15, 0.2) is 72.8 Å². The van der Waals surface area contributed by atoms with Crippen molar-refractivity contribution in [3.8, 4) is 17.2 Å². The molecule has 13 heteroatoms. The number of nitrogens with one attached hydrogen (secondary N) is 4. The van der Waals surface area contributed by atoms with Gasteiger partial charge in [0.25, 0.3) is 5.91 Å². The van der Waals surface area contributed by atoms with Crippen molar-refractivity contribution in [3.63, 3.8) is 0 Å². The highest BCUT2D eigenvalue weighted by Crippen LogP contribution is 2.35. The summed E-state index contributed by atoms with van der Waals surface area (Å²) in [4.78, 5) is 25.6. The summed E-state index contributed by atoms with van der Waals surface area (Å²) in [5.74, 6) is 3.10. The predicted octanol–water partition coefficient (Wildman–Crippen LogP) is 3.84. The molecule has 0 bridgehead atoms. The van der Waals surface area contributed by atoms with Gasteiger partial charge in [0.05, 0.1) is 33.5 Å². The van der Waals surface area contributed by atoms with Gasteiger partial charge in [-0.1, -0.05) is 36.4 Å². The quantitative estimate of drug-likeness (QED) is 0.130. The fourth-order valence-electron chi connectivity index (χ4n) is 4.21. The second-order valence-corrected chi connectivity index (χ2v) is 9.44. The average molecular weight is 602 g/mol. The molecular formula is C31H35N7O6. The van der Waals surface area contributed by atoms with Gasteiger partial charge in [0.2, 0.25) is 24.6 Å². The lowest BCUT2D eigenvalue weighted by atomic mass is 10.2. The highest BCUT2D eigenvalue weighted by atomic mass is 16.7. The zero-order valence-electron chi connectivity index (χ0n) is 24.4. The zero-order valence-corrected chi connectivity index (χ0v) is 24.4. The molecule has 1 amide bonds. The number of carbonyl (C=O) groups is 1. The Hall–Kier alpha value is -5.14. The first-order valence-corrected chi connectivity index (χ1v) is 14.2. The van der Waals surface area contributed by atoms with Crippen LogP contribution in [0.2, 0.25) is 0 Å². The van der Waals surface area contributed by atoms with E-state index in [4.69, 9.17) is 23.7 Å². The highest BCUT2D eigenvalue weighted by Gasteiger charge is 2.17. The minimum absolute atomic E-state index is 0.123. The molecule has 1 aliphatic rings. The van der Waals surface area contributed by atoms with Crippen molar-refractivity contribution in [3.05, 3.63) is 83.9 Å². The third-order valence-corrected chi connectivity index (χ3v) is 6.35. The number of hydrogen-bond donors (Lipinski definition) is 4. The molecule has 2 heterocycles. The van der Waals surface area contributed by atoms with Crippen molar-refractivity contribution in [2.24, 2.45) is 0 Å². The fourth-order valence-corrected chi connectivity index (χ4v) is 4.21. The number of benzene rings is 3. The van der Waals surface area contributed by atoms with E-state index in [9.17, 15) is 4.79 Å². The molecule has 0 spiro atoms. The summed E-state index contributed by atoms with van der Waals surface area (Å²) >= 11 is 0. The van der Waals surface area contributed by atoms with E-state index in [2.05, 4.69) is 36.2 Å². The third kappa shape index (κ3) is 8.93. The topological polar surface area (TPSA) is 150 Å². The largest absolute Gasteiger partial charge is 0.497 e. The molecule has 0 saturated heterocycles. The number of fused-ring (bicyclic) bond motifs is 1. The second-order valence-electron chi connectivity index (χ2n) is 9.44. The van der Waals surface area contributed by atoms with Gasteiger partial charge in [0.15, 0.2) is 11.5 Å². The van der Waals surface area contributed by atoms with Crippen LogP contribution < -0.4 is 35.5 Å². The van der Waals surface area contributed by atoms with E-state index in [0.717, 1.165) is 11.3 Å². The lowest BCUT2D eigenvalue weighted by molar-refractivity contribution is 0.0519. The Bertz CT molecular complexity index is 1510. The van der Waals surface area contributed by atoms with Crippen LogP contribution in [0, 0.1) is 0 Å². The second kappa shape index (κ2) is 15.9. The van der Waals surface area contributed by atoms with E-state index < -0.39 is 0 Å². The van der Waals surface area contributed by atoms with Crippen molar-refractivity contribution in [2.75, 3.05) is 69.4 Å². The number of para-hydroxylation sites is 1. The SMILES string of the molecule is COc1cccc(Nc2nc(NCCOCCOCCNC(=O)c3ccccc3)nc(NCc3cccc4c3OCO4)n2)c1. The molecule has 0 aliphatic carbocycles. The highest BCUT2D eigenvalue weighted by molar-refractivity contribution is 5.94. The summed E-state index contributed by atoms with van der Waals surface area (Å²) in [7, 11) is 1.61. The molecule has 0 saturated carbocycles. The van der Waals surface area contributed by atoms with E-state index in [1.54, 1.807) is 19.2 Å². The molecule has 0 radical (unpaired) electrons. The molecule has 5 rings (SSSR count). The van der Waals surface area contributed by atoms with E-state index >= 15 is 0 Å². The summed E-state index contributed by atoms with van der Waals surface area (Å²) in [5.41, 5.74) is 2.31. The monoisotopic (exact) mass is 601 g/mol. The van der Waals surface area contributed by atoms with Crippen LogP contribution in [0.3, 0.4) is 0 Å². The van der Waals surface area contributed by atoms with Crippen LogP contribution in [0.1, 0.15) is 15.9 Å². The van der Waals surface area contributed by atoms with Crippen LogP contribution in [0.4, 0.5) is 23.5 Å². The first-order valence-electron chi connectivity index (χ1n) is 14.2. The molecule has 4 aromatic rings. The molecule has 0 atom stereocenters. The van der Waals surface area contributed by atoms with Gasteiger partial charge in [-0.15, -0.1) is 0 Å². The summed E-state index contributed by atoms with van der Waals surface area (Å²) in [6.07, 6.45) is 0. The van der Waals surface area contributed by atoms with Gasteiger partial charge in [-0.25, -0.2) is 0 Å². The van der Waals surface area contributed by atoms with Crippen LogP contribution in [-0.4, -0.2) is 74.3 Å². The summed E-state index contributed by atoms with van der Waals surface area (Å²) < 4.78 is 27.6. The smallest absolute Gasteiger partial charge is 0.251 e. The Kier molecular flexibility index (Phi) is 11.0. The lowest BCUT2D eigenvalue weighted by Gasteiger charge is -2.13. The lowest BCUT2D eigenvalue weighted by Crippen LogP contribution is -2.27. The number of nitrogens with zero attached hydrogens (tertiary/aromatic N) is 3. The number of anilines is 4. The maximum Gasteiger partial charge on any atom is 0.251 e. The van der Waals surface area contributed by atoms with Gasteiger partial charge < -0.3 is 45.0 Å². The molecule has 230 valence electrons. The number of hydrogen-bond acceptors (Lipinski definition) is 12. The standard InChI is InChI=1S/C31H35N7O6/c1-40-25-11-6-10-24(19-25)35-31-37-29(36-30(38-31)34-20-23-9-5-12-26-27(23)44-21-43-26)33-14-16-42-18-17-41-15-13-32-28(39)22-7-3-2-4-8-22/h2-12,19H,13-18,20-21H2,1H3,(H,32,39)(H3,33,34,35,36,37,38). The van der Waals surface area contributed by atoms with Crippen LogP contribution in [0.25, 0.3) is 0 Å². The van der Waals surface area contributed by atoms with Crippen molar-refractivity contribution >= 4 is 29.4 Å². The number of ether oxygens (including phenoxy) is 5. The van der Waals surface area contributed by atoms with E-state index in [0.29, 0.717) is 86.7 Å². The van der Waals surface area contributed by atoms with Gasteiger partial charge in [0.1, 0.15) is 5.75 Å². The van der Waals surface area contributed by atoms with Crippen molar-refractivity contribution in [2.45, 2.75) is 6.54 Å². The summed E-state index contributed by atoms with van der Waals surface area (Å²) in [5, 5.41) is 12.5. The molecule has 44 heavy (non-hydrogen) atoms. The van der Waals surface area contributed by atoms with Gasteiger partial charge in [0, 0.05) is 42.5 Å². The third-order valence-electron chi connectivity index (χ3n) is 6.35. The van der Waals surface area contributed by atoms with E-state index in [-0.39, 0.29) is 12.7 Å². The van der Waals surface area contributed by atoms with Crippen LogP contribution in [0.5, 0.6) is 17.2 Å². The zero-order chi connectivity index (χ0) is 30.4. The predicted molar refractivity (Wildman–Crippen MR) is 165 cm³/mol. The van der Waals surface area contributed by atoms with Crippen molar-refractivity contribution in [1.82, 2.24) is 20.3 Å². The Morgan fingerprint density at radius 3 is 2.36 bits per heavy atom. The number of carbonyl (C=O) groups excluding carboxylic acids is 1. The van der Waals surface area contributed by atoms with Gasteiger partial charge in [-0.2, -0.15) is 15.0 Å². The minimum Gasteiger partial charge on any atom is -0.497 e. The van der Waals surface area contributed by atoms with Crippen molar-refractivity contribution in [1.29, 1.82) is 0 Å². The van der Waals surface area contributed by atoms with Gasteiger partial charge in [-0.05, 0) is 30.3 Å². The van der Waals surface area contributed by atoms with Gasteiger partial charge >= 0.3 is 0 Å². The molecule has 0 unspecified atom stereocenters. The average Bonchev–Trinajstić information content (AvgIpc) is 3.55. The maximum absolute atomic E-state index is 12.0. The van der Waals surface area contributed by atoms with Crippen LogP contribution in [-0.2, 0) is 16.0 Å².